The van der Waals surface area contributed by atoms with Gasteiger partial charge < -0.3 is 5.11 Å². The average Bonchev–Trinajstić information content (AvgIpc) is 1.87. The van der Waals surface area contributed by atoms with Gasteiger partial charge in [-0.05, 0) is 18.9 Å². The molecule has 0 aromatic carbocycles. The number of rotatable bonds is 3. The number of carbonyl (C=O) groups excluding carboxylic acids is 1. The first-order chi connectivity index (χ1) is 4.57. The third-order valence-electron chi connectivity index (χ3n) is 0.941. The predicted molar refractivity (Wildman–Crippen MR) is 43.7 cm³/mol. The molecular weight excluding hydrogens is 148 g/mol. The van der Waals surface area contributed by atoms with Crippen LogP contribution < -0.4 is 0 Å². The maximum atomic E-state index is 10.8. The minimum atomic E-state index is -0.579. The van der Waals surface area contributed by atoms with Crippen molar-refractivity contribution in [3.63, 3.8) is 0 Å². The van der Waals surface area contributed by atoms with E-state index in [1.165, 1.54) is 0 Å². The quantitative estimate of drug-likeness (QED) is 0.502. The highest BCUT2D eigenvalue weighted by molar-refractivity contribution is 8.14. The molecule has 0 saturated carbocycles. The van der Waals surface area contributed by atoms with Gasteiger partial charge in [-0.2, -0.15) is 0 Å². The number of aliphatic hydroxyl groups excluding tert-OH is 1. The molecule has 0 spiro atoms. The molecule has 0 rings (SSSR count). The van der Waals surface area contributed by atoms with Crippen LogP contribution in [0.4, 0.5) is 0 Å². The zero-order valence-electron chi connectivity index (χ0n) is 6.26. The third-order valence-corrected chi connectivity index (χ3v) is 2.11. The van der Waals surface area contributed by atoms with Crippen molar-refractivity contribution >= 4 is 16.9 Å². The van der Waals surface area contributed by atoms with Gasteiger partial charge in [-0.25, -0.2) is 0 Å². The van der Waals surface area contributed by atoms with Crippen molar-refractivity contribution in [3.05, 3.63) is 12.2 Å². The monoisotopic (exact) mass is 160 g/mol. The van der Waals surface area contributed by atoms with E-state index >= 15 is 0 Å². The van der Waals surface area contributed by atoms with E-state index in [-0.39, 0.29) is 5.12 Å². The van der Waals surface area contributed by atoms with Gasteiger partial charge in [0.15, 0.2) is 0 Å². The highest BCUT2D eigenvalue weighted by atomic mass is 32.2. The maximum Gasteiger partial charge on any atom is 0.216 e. The van der Waals surface area contributed by atoms with Gasteiger partial charge in [-0.3, -0.25) is 4.79 Å². The van der Waals surface area contributed by atoms with Gasteiger partial charge in [0.05, 0.1) is 0 Å². The molecule has 1 unspecified atom stereocenters. The first-order valence-corrected chi connectivity index (χ1v) is 4.00. The molecule has 0 aliphatic heterocycles. The fourth-order valence-electron chi connectivity index (χ4n) is 0.307. The number of thioether (sulfide) groups is 1. The molecule has 58 valence electrons. The molecule has 0 aromatic rings. The summed E-state index contributed by atoms with van der Waals surface area (Å²) in [5, 5.41) is 8.85. The summed E-state index contributed by atoms with van der Waals surface area (Å²) in [6.07, 6.45) is 0.587. The molecule has 1 N–H and O–H groups in total. The van der Waals surface area contributed by atoms with E-state index in [0.29, 0.717) is 12.0 Å². The summed E-state index contributed by atoms with van der Waals surface area (Å²) in [6, 6.07) is 0. The van der Waals surface area contributed by atoms with E-state index in [9.17, 15) is 4.79 Å². The Kier molecular flexibility index (Phi) is 4.40. The predicted octanol–water partition coefficient (Wildman–Crippen LogP) is 1.55. The van der Waals surface area contributed by atoms with Crippen molar-refractivity contribution in [3.8, 4) is 0 Å². The van der Waals surface area contributed by atoms with Gasteiger partial charge >= 0.3 is 0 Å². The SMILES string of the molecule is C=C(C)C(=O)SC(O)CC. The lowest BCUT2D eigenvalue weighted by molar-refractivity contribution is -0.107. The molecule has 0 aliphatic carbocycles. The Labute approximate surface area is 65.3 Å². The lowest BCUT2D eigenvalue weighted by Crippen LogP contribution is -2.03. The fraction of sp³-hybridized carbons (Fsp3) is 0.571. The van der Waals surface area contributed by atoms with Crippen molar-refractivity contribution < 1.29 is 9.90 Å². The molecule has 1 atom stereocenters. The zero-order chi connectivity index (χ0) is 8.15. The lowest BCUT2D eigenvalue weighted by atomic mass is 10.4. The van der Waals surface area contributed by atoms with Crippen LogP contribution in [0.25, 0.3) is 0 Å². The number of hydrogen-bond donors (Lipinski definition) is 1. The fourth-order valence-corrected chi connectivity index (χ4v) is 0.922. The van der Waals surface area contributed by atoms with Gasteiger partial charge in [0.2, 0.25) is 5.12 Å². The topological polar surface area (TPSA) is 37.3 Å². The molecule has 0 radical (unpaired) electrons. The lowest BCUT2D eigenvalue weighted by Gasteiger charge is -2.04. The second-order valence-electron chi connectivity index (χ2n) is 2.05. The normalized spacial score (nSPS) is 12.7. The molecule has 0 saturated heterocycles. The molecule has 0 aliphatic rings. The smallest absolute Gasteiger partial charge is 0.216 e. The van der Waals surface area contributed by atoms with Crippen molar-refractivity contribution in [2.45, 2.75) is 25.7 Å². The second-order valence-corrected chi connectivity index (χ2v) is 3.20. The summed E-state index contributed by atoms with van der Waals surface area (Å²) in [5.41, 5.74) is -0.0956. The molecule has 0 bridgehead atoms. The van der Waals surface area contributed by atoms with Gasteiger partial charge in [0.25, 0.3) is 0 Å². The summed E-state index contributed by atoms with van der Waals surface area (Å²) in [5.74, 6) is 0. The van der Waals surface area contributed by atoms with Crippen molar-refractivity contribution in [1.29, 1.82) is 0 Å². The number of carbonyl (C=O) groups is 1. The first kappa shape index (κ1) is 9.72. The molecule has 3 heteroatoms. The molecular formula is C7H12O2S. The molecule has 0 fully saturated rings. The maximum absolute atomic E-state index is 10.8. The van der Waals surface area contributed by atoms with E-state index in [4.69, 9.17) is 5.11 Å². The Morgan fingerprint density at radius 1 is 1.80 bits per heavy atom. The van der Waals surface area contributed by atoms with Gasteiger partial charge in [-0.15, -0.1) is 0 Å². The van der Waals surface area contributed by atoms with Crippen LogP contribution in [-0.4, -0.2) is 15.7 Å². The van der Waals surface area contributed by atoms with Crippen LogP contribution in [0.1, 0.15) is 20.3 Å². The summed E-state index contributed by atoms with van der Waals surface area (Å²) >= 11 is 0.925. The summed E-state index contributed by atoms with van der Waals surface area (Å²) in [7, 11) is 0. The van der Waals surface area contributed by atoms with Crippen molar-refractivity contribution in [2.75, 3.05) is 0 Å². The average molecular weight is 160 g/mol. The van der Waals surface area contributed by atoms with Crippen LogP contribution >= 0.6 is 11.8 Å². The van der Waals surface area contributed by atoms with E-state index in [0.717, 1.165) is 11.8 Å². The Bertz CT molecular complexity index is 143. The molecule has 2 nitrogen and oxygen atoms in total. The van der Waals surface area contributed by atoms with Gasteiger partial charge in [-0.1, -0.05) is 25.3 Å². The Hall–Kier alpha value is -0.280. The number of aliphatic hydroxyl groups is 1. The third kappa shape index (κ3) is 3.69. The summed E-state index contributed by atoms with van der Waals surface area (Å²) < 4.78 is 0. The van der Waals surface area contributed by atoms with Crippen molar-refractivity contribution in [2.24, 2.45) is 0 Å². The standard InChI is InChI=1S/C7H12O2S/c1-4-6(8)10-7(9)5(2)3/h6,8H,2,4H2,1,3H3. The summed E-state index contributed by atoms with van der Waals surface area (Å²) in [6.45, 7) is 6.92. The highest BCUT2D eigenvalue weighted by Gasteiger charge is 2.08. The largest absolute Gasteiger partial charge is 0.382 e. The van der Waals surface area contributed by atoms with Gasteiger partial charge in [0, 0.05) is 0 Å². The Morgan fingerprint density at radius 3 is 2.60 bits per heavy atom. The molecule has 0 amide bonds. The molecule has 0 aromatic heterocycles. The van der Waals surface area contributed by atoms with Crippen LogP contribution in [0.2, 0.25) is 0 Å². The second kappa shape index (κ2) is 4.52. The zero-order valence-corrected chi connectivity index (χ0v) is 7.07. The van der Waals surface area contributed by atoms with Crippen molar-refractivity contribution in [1.82, 2.24) is 0 Å². The first-order valence-electron chi connectivity index (χ1n) is 3.12. The van der Waals surface area contributed by atoms with E-state index in [2.05, 4.69) is 6.58 Å². The Morgan fingerprint density at radius 2 is 2.30 bits per heavy atom. The van der Waals surface area contributed by atoms with Crippen LogP contribution in [0.5, 0.6) is 0 Å². The number of hydrogen-bond acceptors (Lipinski definition) is 3. The molecule has 0 heterocycles. The minimum absolute atomic E-state index is 0.130. The van der Waals surface area contributed by atoms with Crippen LogP contribution in [0, 0.1) is 0 Å². The van der Waals surface area contributed by atoms with Crippen LogP contribution in [0.15, 0.2) is 12.2 Å². The highest BCUT2D eigenvalue weighted by Crippen LogP contribution is 2.15. The minimum Gasteiger partial charge on any atom is -0.382 e. The van der Waals surface area contributed by atoms with Crippen LogP contribution in [-0.2, 0) is 4.79 Å². The van der Waals surface area contributed by atoms with E-state index < -0.39 is 5.44 Å². The molecule has 10 heavy (non-hydrogen) atoms. The van der Waals surface area contributed by atoms with Crippen LogP contribution in [0.3, 0.4) is 0 Å². The van der Waals surface area contributed by atoms with E-state index in [1.54, 1.807) is 6.92 Å². The summed E-state index contributed by atoms with van der Waals surface area (Å²) in [4.78, 5) is 10.8. The Balaban J connectivity index is 3.68. The van der Waals surface area contributed by atoms with Gasteiger partial charge in [0.1, 0.15) is 5.44 Å². The van der Waals surface area contributed by atoms with E-state index in [1.807, 2.05) is 6.92 Å².